The summed E-state index contributed by atoms with van der Waals surface area (Å²) in [5, 5.41) is 12.9. The Bertz CT molecular complexity index is 1390. The highest BCUT2D eigenvalue weighted by atomic mass is 16.6. The number of likely N-dealkylation sites (N-methyl/N-ethyl adjacent to an activating group) is 1. The third-order valence-corrected chi connectivity index (χ3v) is 6.87. The molecule has 5 rings (SSSR count). The number of fused-ring (bicyclic) bond motifs is 3. The van der Waals surface area contributed by atoms with E-state index in [1.807, 2.05) is 25.1 Å². The van der Waals surface area contributed by atoms with Gasteiger partial charge in [-0.25, -0.2) is 0 Å². The number of amides is 1. The van der Waals surface area contributed by atoms with Crippen LogP contribution in [0.4, 0.5) is 0 Å². The molecule has 1 amide bonds. The van der Waals surface area contributed by atoms with Crippen LogP contribution in [-0.2, 0) is 22.8 Å². The van der Waals surface area contributed by atoms with Gasteiger partial charge in [-0.05, 0) is 31.9 Å². The molecule has 1 saturated carbocycles. The first-order chi connectivity index (χ1) is 15.9. The molecule has 0 atom stereocenters. The van der Waals surface area contributed by atoms with E-state index in [9.17, 15) is 9.59 Å². The molecule has 2 aromatic heterocycles. The standard InChI is InChI=1S/C22H26N8O3/c1-3-29-19(31)13-8-4-5-9-14(13)30-15(25-26-21(29)30)12-33-27-18(24)16-17(23)22(10-6-7-11-22)28(2)20(16)32/h4-5,8-9H,3,6-7,10-12,23H2,1-2H3,(H2,24,27). The average molecular weight is 451 g/mol. The minimum Gasteiger partial charge on any atom is -0.399 e. The summed E-state index contributed by atoms with van der Waals surface area (Å²) in [7, 11) is 1.75. The number of nitrogens with two attached hydrogens (primary N) is 2. The Balaban J connectivity index is 1.48. The summed E-state index contributed by atoms with van der Waals surface area (Å²) in [6.45, 7) is 2.26. The number of aryl methyl sites for hydroxylation is 1. The molecule has 0 bridgehead atoms. The monoisotopic (exact) mass is 450 g/mol. The summed E-state index contributed by atoms with van der Waals surface area (Å²) in [4.78, 5) is 32.8. The number of rotatable bonds is 5. The van der Waals surface area contributed by atoms with Crippen LogP contribution in [0, 0.1) is 0 Å². The normalized spacial score (nSPS) is 18.4. The van der Waals surface area contributed by atoms with E-state index in [2.05, 4.69) is 15.4 Å². The Morgan fingerprint density at radius 3 is 2.67 bits per heavy atom. The zero-order chi connectivity index (χ0) is 23.3. The molecule has 2 aliphatic rings. The summed E-state index contributed by atoms with van der Waals surface area (Å²) >= 11 is 0. The van der Waals surface area contributed by atoms with Crippen LogP contribution in [0.1, 0.15) is 38.4 Å². The maximum Gasteiger partial charge on any atom is 0.262 e. The van der Waals surface area contributed by atoms with Gasteiger partial charge in [-0.2, -0.15) is 0 Å². The first-order valence-electron chi connectivity index (χ1n) is 11.0. The molecule has 11 nitrogen and oxygen atoms in total. The van der Waals surface area contributed by atoms with Crippen molar-refractivity contribution in [3.63, 3.8) is 0 Å². The number of aromatic nitrogens is 4. The molecule has 33 heavy (non-hydrogen) atoms. The highest BCUT2D eigenvalue weighted by Crippen LogP contribution is 2.44. The molecule has 11 heteroatoms. The number of hydrogen-bond donors (Lipinski definition) is 2. The molecule has 1 aliphatic heterocycles. The van der Waals surface area contributed by atoms with Gasteiger partial charge < -0.3 is 21.2 Å². The smallest absolute Gasteiger partial charge is 0.262 e. The minimum absolute atomic E-state index is 0.0581. The van der Waals surface area contributed by atoms with Crippen LogP contribution in [0.25, 0.3) is 16.7 Å². The van der Waals surface area contributed by atoms with Gasteiger partial charge in [-0.3, -0.25) is 18.6 Å². The van der Waals surface area contributed by atoms with E-state index in [4.69, 9.17) is 16.3 Å². The largest absolute Gasteiger partial charge is 0.399 e. The number of amidine groups is 1. The Kier molecular flexibility index (Phi) is 4.84. The minimum atomic E-state index is -0.474. The molecule has 1 aromatic carbocycles. The van der Waals surface area contributed by atoms with Gasteiger partial charge in [0.25, 0.3) is 11.5 Å². The molecule has 1 spiro atoms. The van der Waals surface area contributed by atoms with Gasteiger partial charge in [-0.1, -0.05) is 30.1 Å². The number of hydrogen-bond acceptors (Lipinski definition) is 7. The Labute approximate surface area is 189 Å². The molecule has 1 fully saturated rings. The Morgan fingerprint density at radius 1 is 1.21 bits per heavy atom. The molecule has 3 aromatic rings. The first kappa shape index (κ1) is 21.0. The van der Waals surface area contributed by atoms with E-state index in [-0.39, 0.29) is 29.5 Å². The second-order valence-corrected chi connectivity index (χ2v) is 8.46. The van der Waals surface area contributed by atoms with Gasteiger partial charge in [0.05, 0.1) is 22.1 Å². The maximum absolute atomic E-state index is 12.8. The van der Waals surface area contributed by atoms with E-state index in [0.717, 1.165) is 25.7 Å². The topological polar surface area (TPSA) is 146 Å². The van der Waals surface area contributed by atoms with Crippen molar-refractivity contribution >= 4 is 28.4 Å². The maximum atomic E-state index is 12.8. The van der Waals surface area contributed by atoms with Crippen LogP contribution in [0.5, 0.6) is 0 Å². The average Bonchev–Trinajstić information content (AvgIpc) is 3.51. The van der Waals surface area contributed by atoms with Crippen LogP contribution in [0.2, 0.25) is 0 Å². The number of benzene rings is 1. The molecular formula is C22H26N8O3. The van der Waals surface area contributed by atoms with Crippen molar-refractivity contribution in [2.75, 3.05) is 7.05 Å². The summed E-state index contributed by atoms with van der Waals surface area (Å²) in [5.74, 6) is 0.561. The number of oxime groups is 1. The molecule has 172 valence electrons. The van der Waals surface area contributed by atoms with Crippen LogP contribution in [0.3, 0.4) is 0 Å². The fourth-order valence-corrected chi connectivity index (χ4v) is 5.10. The van der Waals surface area contributed by atoms with Gasteiger partial charge in [0.15, 0.2) is 18.3 Å². The van der Waals surface area contributed by atoms with Crippen molar-refractivity contribution in [2.24, 2.45) is 16.6 Å². The lowest BCUT2D eigenvalue weighted by molar-refractivity contribution is -0.127. The fourth-order valence-electron chi connectivity index (χ4n) is 5.10. The van der Waals surface area contributed by atoms with Crippen LogP contribution < -0.4 is 17.0 Å². The molecule has 0 saturated heterocycles. The van der Waals surface area contributed by atoms with Crippen LogP contribution in [0.15, 0.2) is 45.5 Å². The molecular weight excluding hydrogens is 424 g/mol. The van der Waals surface area contributed by atoms with Gasteiger partial charge in [0.1, 0.15) is 5.57 Å². The van der Waals surface area contributed by atoms with Gasteiger partial charge in [0, 0.05) is 13.6 Å². The van der Waals surface area contributed by atoms with Gasteiger partial charge >= 0.3 is 0 Å². The highest BCUT2D eigenvalue weighted by Gasteiger charge is 2.51. The summed E-state index contributed by atoms with van der Waals surface area (Å²) in [6, 6.07) is 7.24. The Hall–Kier alpha value is -3.89. The van der Waals surface area contributed by atoms with Crippen molar-refractivity contribution < 1.29 is 9.63 Å². The first-order valence-corrected chi connectivity index (χ1v) is 11.0. The van der Waals surface area contributed by atoms with Crippen molar-refractivity contribution in [2.45, 2.75) is 51.3 Å². The van der Waals surface area contributed by atoms with Crippen LogP contribution >= 0.6 is 0 Å². The highest BCUT2D eigenvalue weighted by molar-refractivity contribution is 6.22. The third-order valence-electron chi connectivity index (χ3n) is 6.87. The van der Waals surface area contributed by atoms with E-state index in [0.29, 0.717) is 34.7 Å². The predicted octanol–water partition coefficient (Wildman–Crippen LogP) is 0.851. The SMILES string of the molecule is CCn1c(=O)c2ccccc2n2c(CO/N=C(/N)C3=C(N)C4(CCCC4)N(C)C3=O)nnc12. The number of nitrogens with zero attached hydrogens (tertiary/aromatic N) is 6. The lowest BCUT2D eigenvalue weighted by atomic mass is 9.93. The predicted molar refractivity (Wildman–Crippen MR) is 122 cm³/mol. The number of para-hydroxylation sites is 1. The molecule has 4 N–H and O–H groups in total. The fraction of sp³-hybridized carbons (Fsp3) is 0.409. The zero-order valence-electron chi connectivity index (χ0n) is 18.6. The Morgan fingerprint density at radius 2 is 1.94 bits per heavy atom. The van der Waals surface area contributed by atoms with Gasteiger partial charge in [0.2, 0.25) is 5.78 Å². The second kappa shape index (κ2) is 7.61. The second-order valence-electron chi connectivity index (χ2n) is 8.46. The van der Waals surface area contributed by atoms with Crippen molar-refractivity contribution in [1.82, 2.24) is 24.1 Å². The zero-order valence-corrected chi connectivity index (χ0v) is 18.6. The molecule has 0 unspecified atom stereocenters. The molecule has 0 radical (unpaired) electrons. The van der Waals surface area contributed by atoms with E-state index >= 15 is 0 Å². The van der Waals surface area contributed by atoms with Crippen molar-refractivity contribution in [3.05, 3.63) is 51.7 Å². The molecule has 3 heterocycles. The van der Waals surface area contributed by atoms with Crippen molar-refractivity contribution in [1.29, 1.82) is 0 Å². The number of carbonyl (C=O) groups is 1. The van der Waals surface area contributed by atoms with E-state index < -0.39 is 5.54 Å². The van der Waals surface area contributed by atoms with Crippen molar-refractivity contribution in [3.8, 4) is 0 Å². The van der Waals surface area contributed by atoms with Crippen LogP contribution in [-0.4, -0.2) is 48.4 Å². The third kappa shape index (κ3) is 2.91. The lowest BCUT2D eigenvalue weighted by Crippen LogP contribution is -2.45. The molecule has 1 aliphatic carbocycles. The quantitative estimate of drug-likeness (QED) is 0.333. The summed E-state index contributed by atoms with van der Waals surface area (Å²) < 4.78 is 3.32. The summed E-state index contributed by atoms with van der Waals surface area (Å²) in [6.07, 6.45) is 3.65. The number of carbonyl (C=O) groups excluding carboxylic acids is 1. The van der Waals surface area contributed by atoms with E-state index in [1.54, 1.807) is 27.0 Å². The van der Waals surface area contributed by atoms with Gasteiger partial charge in [-0.15, -0.1) is 10.2 Å². The lowest BCUT2D eigenvalue weighted by Gasteiger charge is -2.33. The summed E-state index contributed by atoms with van der Waals surface area (Å²) in [5.41, 5.74) is 13.3. The van der Waals surface area contributed by atoms with E-state index in [1.165, 1.54) is 0 Å².